The van der Waals surface area contributed by atoms with Crippen molar-refractivity contribution < 1.29 is 4.39 Å². The van der Waals surface area contributed by atoms with Crippen molar-refractivity contribution in [1.29, 1.82) is 0 Å². The predicted octanol–water partition coefficient (Wildman–Crippen LogP) is 5.03. The summed E-state index contributed by atoms with van der Waals surface area (Å²) in [6.45, 7) is 2.73. The standard InChI is InChI=1S/C16H16Cl2FN/c1-2-20-15(10-11-6-3-4-8-13(11)17)12-7-5-9-14(18)16(12)19/h3-9,15,20H,2,10H2,1H3. The molecule has 0 aliphatic heterocycles. The Kier molecular flexibility index (Phi) is 5.41. The highest BCUT2D eigenvalue weighted by Gasteiger charge is 2.18. The Labute approximate surface area is 128 Å². The Bertz CT molecular complexity index is 586. The molecule has 1 N–H and O–H groups in total. The van der Waals surface area contributed by atoms with E-state index in [1.165, 1.54) is 0 Å². The molecule has 0 aromatic heterocycles. The van der Waals surface area contributed by atoms with E-state index in [-0.39, 0.29) is 16.9 Å². The second-order valence-corrected chi connectivity index (χ2v) is 5.36. The van der Waals surface area contributed by atoms with Crippen LogP contribution in [0.3, 0.4) is 0 Å². The first-order valence-electron chi connectivity index (χ1n) is 6.54. The van der Waals surface area contributed by atoms with Crippen LogP contribution in [0.2, 0.25) is 10.0 Å². The first-order chi connectivity index (χ1) is 9.63. The molecule has 0 heterocycles. The molecular formula is C16H16Cl2FN. The maximum atomic E-state index is 14.2. The van der Waals surface area contributed by atoms with Gasteiger partial charge in [-0.15, -0.1) is 0 Å². The van der Waals surface area contributed by atoms with Gasteiger partial charge in [0.25, 0.3) is 0 Å². The fourth-order valence-electron chi connectivity index (χ4n) is 2.21. The molecule has 0 amide bonds. The van der Waals surface area contributed by atoms with Crippen molar-refractivity contribution in [3.63, 3.8) is 0 Å². The first kappa shape index (κ1) is 15.3. The minimum absolute atomic E-state index is 0.143. The molecule has 106 valence electrons. The molecule has 4 heteroatoms. The largest absolute Gasteiger partial charge is 0.310 e. The maximum absolute atomic E-state index is 14.2. The molecule has 1 nitrogen and oxygen atoms in total. The Morgan fingerprint density at radius 1 is 1.05 bits per heavy atom. The van der Waals surface area contributed by atoms with Gasteiger partial charge >= 0.3 is 0 Å². The summed E-state index contributed by atoms with van der Waals surface area (Å²) in [7, 11) is 0. The summed E-state index contributed by atoms with van der Waals surface area (Å²) in [6.07, 6.45) is 0.616. The fraction of sp³-hybridized carbons (Fsp3) is 0.250. The third kappa shape index (κ3) is 3.51. The van der Waals surface area contributed by atoms with Gasteiger partial charge in [-0.2, -0.15) is 0 Å². The molecule has 0 saturated carbocycles. The van der Waals surface area contributed by atoms with E-state index < -0.39 is 0 Å². The minimum Gasteiger partial charge on any atom is -0.310 e. The molecule has 0 aliphatic carbocycles. The molecule has 1 atom stereocenters. The van der Waals surface area contributed by atoms with Crippen LogP contribution in [0.25, 0.3) is 0 Å². The van der Waals surface area contributed by atoms with Crippen LogP contribution >= 0.6 is 23.2 Å². The zero-order chi connectivity index (χ0) is 14.5. The number of nitrogens with one attached hydrogen (secondary N) is 1. The lowest BCUT2D eigenvalue weighted by atomic mass is 9.98. The lowest BCUT2D eigenvalue weighted by molar-refractivity contribution is 0.510. The van der Waals surface area contributed by atoms with E-state index in [0.717, 1.165) is 12.1 Å². The van der Waals surface area contributed by atoms with E-state index in [1.54, 1.807) is 18.2 Å². The lowest BCUT2D eigenvalue weighted by Gasteiger charge is -2.20. The van der Waals surface area contributed by atoms with Crippen molar-refractivity contribution >= 4 is 23.2 Å². The molecule has 0 saturated heterocycles. The molecule has 0 bridgehead atoms. The zero-order valence-electron chi connectivity index (χ0n) is 11.2. The average molecular weight is 312 g/mol. The Balaban J connectivity index is 2.32. The van der Waals surface area contributed by atoms with Crippen LogP contribution in [0.1, 0.15) is 24.1 Å². The molecule has 0 aliphatic rings. The summed E-state index contributed by atoms with van der Waals surface area (Å²) in [5.41, 5.74) is 1.55. The van der Waals surface area contributed by atoms with Gasteiger partial charge in [0.15, 0.2) is 0 Å². The van der Waals surface area contributed by atoms with E-state index in [4.69, 9.17) is 23.2 Å². The van der Waals surface area contributed by atoms with Crippen LogP contribution in [0.15, 0.2) is 42.5 Å². The van der Waals surface area contributed by atoms with E-state index in [2.05, 4.69) is 5.32 Å². The smallest absolute Gasteiger partial charge is 0.146 e. The highest BCUT2D eigenvalue weighted by molar-refractivity contribution is 6.31. The van der Waals surface area contributed by atoms with Crippen LogP contribution in [0, 0.1) is 5.82 Å². The van der Waals surface area contributed by atoms with Crippen molar-refractivity contribution in [2.45, 2.75) is 19.4 Å². The SMILES string of the molecule is CCNC(Cc1ccccc1Cl)c1cccc(Cl)c1F. The normalized spacial score (nSPS) is 12.4. The van der Waals surface area contributed by atoms with Crippen molar-refractivity contribution in [1.82, 2.24) is 5.32 Å². The number of hydrogen-bond donors (Lipinski definition) is 1. The maximum Gasteiger partial charge on any atom is 0.146 e. The first-order valence-corrected chi connectivity index (χ1v) is 7.29. The summed E-state index contributed by atoms with van der Waals surface area (Å²) >= 11 is 12.0. The van der Waals surface area contributed by atoms with Gasteiger partial charge < -0.3 is 5.32 Å². The van der Waals surface area contributed by atoms with Gasteiger partial charge in [0, 0.05) is 16.6 Å². The van der Waals surface area contributed by atoms with Gasteiger partial charge in [-0.05, 0) is 30.7 Å². The van der Waals surface area contributed by atoms with Crippen LogP contribution in [-0.4, -0.2) is 6.54 Å². The highest BCUT2D eigenvalue weighted by atomic mass is 35.5. The Morgan fingerprint density at radius 3 is 2.45 bits per heavy atom. The van der Waals surface area contributed by atoms with Gasteiger partial charge in [-0.1, -0.05) is 60.5 Å². The van der Waals surface area contributed by atoms with E-state index >= 15 is 0 Å². The zero-order valence-corrected chi connectivity index (χ0v) is 12.7. The Morgan fingerprint density at radius 2 is 1.75 bits per heavy atom. The van der Waals surface area contributed by atoms with Crippen LogP contribution < -0.4 is 5.32 Å². The fourth-order valence-corrected chi connectivity index (χ4v) is 2.61. The van der Waals surface area contributed by atoms with Gasteiger partial charge in [0.2, 0.25) is 0 Å². The number of halogens is 3. The second-order valence-electron chi connectivity index (χ2n) is 4.55. The summed E-state index contributed by atoms with van der Waals surface area (Å²) in [4.78, 5) is 0. The molecule has 2 aromatic carbocycles. The molecular weight excluding hydrogens is 296 g/mol. The minimum atomic E-state index is -0.368. The van der Waals surface area contributed by atoms with Crippen molar-refractivity contribution in [2.75, 3.05) is 6.54 Å². The van der Waals surface area contributed by atoms with E-state index in [0.29, 0.717) is 17.0 Å². The molecule has 2 rings (SSSR count). The van der Waals surface area contributed by atoms with E-state index in [1.807, 2.05) is 31.2 Å². The van der Waals surface area contributed by atoms with E-state index in [9.17, 15) is 4.39 Å². The summed E-state index contributed by atoms with van der Waals surface area (Å²) in [5.74, 6) is -0.368. The van der Waals surface area contributed by atoms with Crippen molar-refractivity contribution in [3.05, 3.63) is 69.5 Å². The second kappa shape index (κ2) is 7.07. The van der Waals surface area contributed by atoms with Gasteiger partial charge in [-0.3, -0.25) is 0 Å². The predicted molar refractivity (Wildman–Crippen MR) is 83.0 cm³/mol. The molecule has 0 fully saturated rings. The quantitative estimate of drug-likeness (QED) is 0.817. The summed E-state index contributed by atoms with van der Waals surface area (Å²) in [5, 5.41) is 4.12. The molecule has 0 radical (unpaired) electrons. The molecule has 2 aromatic rings. The van der Waals surface area contributed by atoms with Gasteiger partial charge in [0.1, 0.15) is 5.82 Å². The molecule has 0 spiro atoms. The molecule has 1 unspecified atom stereocenters. The van der Waals surface area contributed by atoms with Crippen LogP contribution in [-0.2, 0) is 6.42 Å². The third-order valence-electron chi connectivity index (χ3n) is 3.19. The van der Waals surface area contributed by atoms with Gasteiger partial charge in [-0.25, -0.2) is 4.39 Å². The number of benzene rings is 2. The average Bonchev–Trinajstić information content (AvgIpc) is 2.44. The Hall–Kier alpha value is -1.09. The van der Waals surface area contributed by atoms with Crippen molar-refractivity contribution in [3.8, 4) is 0 Å². The topological polar surface area (TPSA) is 12.0 Å². The molecule has 20 heavy (non-hydrogen) atoms. The monoisotopic (exact) mass is 311 g/mol. The van der Waals surface area contributed by atoms with Crippen LogP contribution in [0.5, 0.6) is 0 Å². The van der Waals surface area contributed by atoms with Crippen molar-refractivity contribution in [2.24, 2.45) is 0 Å². The highest BCUT2D eigenvalue weighted by Crippen LogP contribution is 2.28. The third-order valence-corrected chi connectivity index (χ3v) is 3.85. The number of hydrogen-bond acceptors (Lipinski definition) is 1. The summed E-state index contributed by atoms with van der Waals surface area (Å²) in [6, 6.07) is 12.5. The lowest BCUT2D eigenvalue weighted by Crippen LogP contribution is -2.24. The number of likely N-dealkylation sites (N-methyl/N-ethyl adjacent to an activating group) is 1. The van der Waals surface area contributed by atoms with Crippen LogP contribution in [0.4, 0.5) is 4.39 Å². The number of rotatable bonds is 5. The summed E-state index contributed by atoms with van der Waals surface area (Å²) < 4.78 is 14.2. The van der Waals surface area contributed by atoms with Gasteiger partial charge in [0.05, 0.1) is 5.02 Å².